The van der Waals surface area contributed by atoms with Gasteiger partial charge in [0, 0.05) is 24.1 Å². The first-order valence-electron chi connectivity index (χ1n) is 5.21. The van der Waals surface area contributed by atoms with Gasteiger partial charge in [0.25, 0.3) is 0 Å². The average molecular weight is 314 g/mol. The third-order valence-corrected chi connectivity index (χ3v) is 2.99. The molecule has 0 unspecified atom stereocenters. The van der Waals surface area contributed by atoms with E-state index in [-0.39, 0.29) is 0 Å². The van der Waals surface area contributed by atoms with Crippen LogP contribution in [0.3, 0.4) is 0 Å². The van der Waals surface area contributed by atoms with Crippen molar-refractivity contribution in [1.29, 1.82) is 0 Å². The van der Waals surface area contributed by atoms with E-state index in [1.54, 1.807) is 0 Å². The van der Waals surface area contributed by atoms with Gasteiger partial charge >= 0.3 is 7.25 Å². The van der Waals surface area contributed by atoms with Crippen LogP contribution >= 0.6 is 23.2 Å². The molecular formula is C11H10BCl2F4N. The fraction of sp³-hybridized carbons (Fsp3) is 0.182. The number of hydrogen-bond acceptors (Lipinski definition) is 0. The largest absolute Gasteiger partial charge is 0.673 e. The number of fused-ring (bicyclic) bond motifs is 1. The fourth-order valence-electron chi connectivity index (χ4n) is 1.54. The fourth-order valence-corrected chi connectivity index (χ4v) is 2.02. The summed E-state index contributed by atoms with van der Waals surface area (Å²) in [6.07, 6.45) is 0. The Morgan fingerprint density at radius 1 is 1.05 bits per heavy atom. The van der Waals surface area contributed by atoms with E-state index >= 15 is 0 Å². The van der Waals surface area contributed by atoms with Crippen molar-refractivity contribution in [1.82, 2.24) is 0 Å². The number of aryl methyl sites for hydroxylation is 2. The summed E-state index contributed by atoms with van der Waals surface area (Å²) in [5.74, 6) is 0. The maximum Gasteiger partial charge on any atom is 0.673 e. The Morgan fingerprint density at radius 3 is 2.11 bits per heavy atom. The minimum absolute atomic E-state index is 0.711. The van der Waals surface area contributed by atoms with E-state index in [9.17, 15) is 17.3 Å². The molecule has 1 nitrogen and oxygen atoms in total. The summed E-state index contributed by atoms with van der Waals surface area (Å²) in [4.78, 5) is 0. The normalized spacial score (nSPS) is 11.2. The van der Waals surface area contributed by atoms with Gasteiger partial charge in [0.2, 0.25) is 5.52 Å². The monoisotopic (exact) mass is 313 g/mol. The number of hydrogen-bond donors (Lipinski definition) is 0. The molecule has 1 aromatic carbocycles. The van der Waals surface area contributed by atoms with E-state index < -0.39 is 7.25 Å². The Labute approximate surface area is 117 Å². The first-order valence-corrected chi connectivity index (χ1v) is 5.97. The van der Waals surface area contributed by atoms with Gasteiger partial charge in [-0.2, -0.15) is 4.57 Å². The molecule has 0 bridgehead atoms. The zero-order chi connectivity index (χ0) is 14.8. The van der Waals surface area contributed by atoms with Crippen molar-refractivity contribution in [2.45, 2.75) is 6.92 Å². The molecule has 0 saturated carbocycles. The van der Waals surface area contributed by atoms with E-state index in [1.807, 2.05) is 38.2 Å². The maximum absolute atomic E-state index is 9.75. The number of benzene rings is 1. The summed E-state index contributed by atoms with van der Waals surface area (Å²) in [5.41, 5.74) is 2.23. The Morgan fingerprint density at radius 2 is 1.58 bits per heavy atom. The number of halogens is 6. The number of rotatable bonds is 0. The quantitative estimate of drug-likeness (QED) is 0.381. The lowest BCUT2D eigenvalue weighted by molar-refractivity contribution is -0.651. The van der Waals surface area contributed by atoms with Crippen LogP contribution in [0.2, 0.25) is 10.0 Å². The smallest absolute Gasteiger partial charge is 0.418 e. The lowest BCUT2D eigenvalue weighted by Crippen LogP contribution is -2.32. The second-order valence-electron chi connectivity index (χ2n) is 3.85. The van der Waals surface area contributed by atoms with E-state index in [1.165, 1.54) is 0 Å². The molecule has 19 heavy (non-hydrogen) atoms. The predicted octanol–water partition coefficient (Wildman–Crippen LogP) is 4.58. The van der Waals surface area contributed by atoms with Crippen LogP contribution in [0.25, 0.3) is 10.9 Å². The van der Waals surface area contributed by atoms with Crippen LogP contribution in [0.4, 0.5) is 17.3 Å². The van der Waals surface area contributed by atoms with Crippen molar-refractivity contribution in [2.75, 3.05) is 0 Å². The molecule has 0 fully saturated rings. The van der Waals surface area contributed by atoms with Gasteiger partial charge in [-0.25, -0.2) is 0 Å². The standard InChI is InChI=1S/C11H10Cl2N.BF4/c1-7-5-10(13)9-6-8(12)3-4-11(9)14(7)2;2-1(3,4)5/h3-6H,1-2H3;/q+1;-1. The van der Waals surface area contributed by atoms with Gasteiger partial charge in [0.15, 0.2) is 5.69 Å². The maximum atomic E-state index is 9.75. The molecule has 0 spiro atoms. The predicted molar refractivity (Wildman–Crippen MR) is 70.1 cm³/mol. The molecule has 104 valence electrons. The van der Waals surface area contributed by atoms with Gasteiger partial charge < -0.3 is 17.3 Å². The summed E-state index contributed by atoms with van der Waals surface area (Å²) in [6.45, 7) is 2.03. The average Bonchev–Trinajstić information content (AvgIpc) is 2.24. The van der Waals surface area contributed by atoms with Crippen LogP contribution in [-0.4, -0.2) is 7.25 Å². The minimum Gasteiger partial charge on any atom is -0.418 e. The highest BCUT2D eigenvalue weighted by Gasteiger charge is 2.20. The molecule has 1 aromatic heterocycles. The highest BCUT2D eigenvalue weighted by atomic mass is 35.5. The molecule has 0 atom stereocenters. The summed E-state index contributed by atoms with van der Waals surface area (Å²) < 4.78 is 41.1. The van der Waals surface area contributed by atoms with Gasteiger partial charge in [-0.15, -0.1) is 0 Å². The Kier molecular flexibility index (Phi) is 5.04. The molecule has 0 amide bonds. The van der Waals surface area contributed by atoms with Crippen LogP contribution in [0.15, 0.2) is 24.3 Å². The molecular weight excluding hydrogens is 304 g/mol. The number of pyridine rings is 1. The van der Waals surface area contributed by atoms with Crippen molar-refractivity contribution in [3.8, 4) is 0 Å². The van der Waals surface area contributed by atoms with Crippen LogP contribution < -0.4 is 4.57 Å². The Balaban J connectivity index is 0.000000312. The molecule has 0 radical (unpaired) electrons. The van der Waals surface area contributed by atoms with Gasteiger partial charge in [-0.1, -0.05) is 23.2 Å². The van der Waals surface area contributed by atoms with E-state index in [2.05, 4.69) is 4.57 Å². The first-order chi connectivity index (χ1) is 8.59. The summed E-state index contributed by atoms with van der Waals surface area (Å²) in [7, 11) is -3.98. The zero-order valence-corrected chi connectivity index (χ0v) is 11.6. The van der Waals surface area contributed by atoms with Gasteiger partial charge in [-0.05, 0) is 12.1 Å². The second-order valence-corrected chi connectivity index (χ2v) is 4.69. The molecule has 0 aliphatic heterocycles. The molecule has 0 saturated heterocycles. The molecule has 0 aliphatic rings. The van der Waals surface area contributed by atoms with Crippen molar-refractivity contribution in [3.05, 3.63) is 40.0 Å². The highest BCUT2D eigenvalue weighted by molar-refractivity contribution is 6.50. The van der Waals surface area contributed by atoms with Gasteiger partial charge in [0.05, 0.1) is 10.4 Å². The van der Waals surface area contributed by atoms with Crippen molar-refractivity contribution in [3.63, 3.8) is 0 Å². The molecule has 0 N–H and O–H groups in total. The third kappa shape index (κ3) is 4.88. The van der Waals surface area contributed by atoms with E-state index in [4.69, 9.17) is 23.2 Å². The third-order valence-electron chi connectivity index (χ3n) is 2.44. The van der Waals surface area contributed by atoms with Gasteiger partial charge in [0.1, 0.15) is 7.05 Å². The van der Waals surface area contributed by atoms with Crippen molar-refractivity contribution >= 4 is 41.4 Å². The zero-order valence-electron chi connectivity index (χ0n) is 10.1. The lowest BCUT2D eigenvalue weighted by atomic mass is 10.2. The summed E-state index contributed by atoms with van der Waals surface area (Å²) in [5, 5.41) is 2.45. The topological polar surface area (TPSA) is 3.88 Å². The van der Waals surface area contributed by atoms with Crippen molar-refractivity contribution in [2.24, 2.45) is 7.05 Å². The van der Waals surface area contributed by atoms with Crippen LogP contribution in [0.5, 0.6) is 0 Å². The Hall–Kier alpha value is -1.01. The Bertz CT molecular complexity index is 595. The first kappa shape index (κ1) is 16.1. The van der Waals surface area contributed by atoms with Crippen LogP contribution in [-0.2, 0) is 7.05 Å². The molecule has 8 heteroatoms. The number of nitrogens with zero attached hydrogens (tertiary/aromatic N) is 1. The molecule has 1 heterocycles. The van der Waals surface area contributed by atoms with Crippen LogP contribution in [0.1, 0.15) is 5.69 Å². The number of aromatic nitrogens is 1. The minimum atomic E-state index is -6.00. The molecule has 0 aliphatic carbocycles. The highest BCUT2D eigenvalue weighted by Crippen LogP contribution is 2.24. The lowest BCUT2D eigenvalue weighted by Gasteiger charge is -2.02. The van der Waals surface area contributed by atoms with Gasteiger partial charge in [-0.3, -0.25) is 0 Å². The second kappa shape index (κ2) is 5.97. The molecule has 2 rings (SSSR count). The van der Waals surface area contributed by atoms with Crippen molar-refractivity contribution < 1.29 is 21.8 Å². The van der Waals surface area contributed by atoms with Crippen LogP contribution in [0, 0.1) is 6.92 Å². The summed E-state index contributed by atoms with van der Waals surface area (Å²) in [6, 6.07) is 7.69. The molecule has 2 aromatic rings. The summed E-state index contributed by atoms with van der Waals surface area (Å²) >= 11 is 12.0. The SMILES string of the molecule is Cc1cc(Cl)c2cc(Cl)ccc2[n+]1C.F[B-](F)(F)F. The van der Waals surface area contributed by atoms with E-state index in [0.717, 1.165) is 21.6 Å². The van der Waals surface area contributed by atoms with E-state index in [0.29, 0.717) is 5.02 Å².